The van der Waals surface area contributed by atoms with Gasteiger partial charge in [-0.1, -0.05) is 19.3 Å². The fourth-order valence-electron chi connectivity index (χ4n) is 2.01. The van der Waals surface area contributed by atoms with Crippen molar-refractivity contribution in [2.24, 2.45) is 0 Å². The van der Waals surface area contributed by atoms with Crippen LogP contribution in [0.5, 0.6) is 0 Å². The number of epoxide rings is 1. The molecule has 2 aliphatic rings. The molecule has 0 aromatic carbocycles. The largest absolute Gasteiger partial charge is 0.365 e. The van der Waals surface area contributed by atoms with Gasteiger partial charge < -0.3 is 4.74 Å². The second-order valence-electron chi connectivity index (χ2n) is 3.39. The van der Waals surface area contributed by atoms with Crippen molar-refractivity contribution in [1.82, 2.24) is 0 Å². The Balaban J connectivity index is 1.92. The van der Waals surface area contributed by atoms with E-state index < -0.39 is 0 Å². The third-order valence-electron chi connectivity index (χ3n) is 2.75. The van der Waals surface area contributed by atoms with Crippen LogP contribution in [0.1, 0.15) is 32.1 Å². The van der Waals surface area contributed by atoms with Crippen molar-refractivity contribution in [2.45, 2.75) is 43.8 Å². The Labute approximate surface area is 66.7 Å². The number of rotatable bonds is 1. The molecule has 2 rings (SSSR count). The second-order valence-corrected chi connectivity index (χ2v) is 3.69. The molecule has 1 aliphatic heterocycles. The molecule has 58 valence electrons. The van der Waals surface area contributed by atoms with Gasteiger partial charge >= 0.3 is 0 Å². The van der Waals surface area contributed by atoms with Gasteiger partial charge in [0.1, 0.15) is 6.10 Å². The van der Waals surface area contributed by atoms with Crippen LogP contribution in [0.4, 0.5) is 0 Å². The SMILES string of the molecule is ClCC1OC12CCCCC2. The van der Waals surface area contributed by atoms with Crippen LogP contribution in [-0.4, -0.2) is 17.6 Å². The summed E-state index contributed by atoms with van der Waals surface area (Å²) in [6.07, 6.45) is 6.98. The van der Waals surface area contributed by atoms with Gasteiger partial charge in [-0.15, -0.1) is 11.6 Å². The van der Waals surface area contributed by atoms with E-state index in [2.05, 4.69) is 0 Å². The zero-order chi connectivity index (χ0) is 7.03. The van der Waals surface area contributed by atoms with Crippen molar-refractivity contribution in [3.05, 3.63) is 0 Å². The zero-order valence-electron chi connectivity index (χ0n) is 6.11. The first kappa shape index (κ1) is 6.93. The van der Waals surface area contributed by atoms with Crippen molar-refractivity contribution in [3.8, 4) is 0 Å². The van der Waals surface area contributed by atoms with Crippen LogP contribution in [0, 0.1) is 0 Å². The maximum atomic E-state index is 5.70. The zero-order valence-corrected chi connectivity index (χ0v) is 6.86. The molecule has 0 N–H and O–H groups in total. The average molecular weight is 161 g/mol. The van der Waals surface area contributed by atoms with Gasteiger partial charge in [0, 0.05) is 0 Å². The third kappa shape index (κ3) is 0.960. The van der Waals surface area contributed by atoms with Gasteiger partial charge in [0.2, 0.25) is 0 Å². The second kappa shape index (κ2) is 2.38. The minimum absolute atomic E-state index is 0.264. The summed E-state index contributed by atoms with van der Waals surface area (Å²) in [6.45, 7) is 0. The molecule has 1 heterocycles. The molecular formula is C8H13ClO. The number of hydrogen-bond acceptors (Lipinski definition) is 1. The molecule has 10 heavy (non-hydrogen) atoms. The smallest absolute Gasteiger partial charge is 0.101 e. The number of ether oxygens (including phenoxy) is 1. The fourth-order valence-corrected chi connectivity index (χ4v) is 2.36. The van der Waals surface area contributed by atoms with Crippen LogP contribution in [-0.2, 0) is 4.74 Å². The van der Waals surface area contributed by atoms with Crippen LogP contribution in [0.15, 0.2) is 0 Å². The minimum Gasteiger partial charge on any atom is -0.365 e. The first-order valence-electron chi connectivity index (χ1n) is 4.11. The predicted octanol–water partition coefficient (Wildman–Crippen LogP) is 2.33. The van der Waals surface area contributed by atoms with E-state index in [4.69, 9.17) is 16.3 Å². The highest BCUT2D eigenvalue weighted by Crippen LogP contribution is 2.48. The van der Waals surface area contributed by atoms with Gasteiger partial charge in [0.15, 0.2) is 0 Å². The maximum absolute atomic E-state index is 5.70. The van der Waals surface area contributed by atoms with Crippen molar-refractivity contribution in [1.29, 1.82) is 0 Å². The van der Waals surface area contributed by atoms with E-state index >= 15 is 0 Å². The molecule has 0 aromatic rings. The van der Waals surface area contributed by atoms with Crippen LogP contribution in [0.3, 0.4) is 0 Å². The molecule has 1 saturated heterocycles. The highest BCUT2D eigenvalue weighted by atomic mass is 35.5. The maximum Gasteiger partial charge on any atom is 0.101 e. The summed E-state index contributed by atoms with van der Waals surface area (Å²) in [5.74, 6) is 0.694. The Hall–Kier alpha value is 0.250. The van der Waals surface area contributed by atoms with E-state index in [1.807, 2.05) is 0 Å². The monoisotopic (exact) mass is 160 g/mol. The number of halogens is 1. The first-order chi connectivity index (χ1) is 4.87. The molecule has 1 aliphatic carbocycles. The molecule has 2 fully saturated rings. The lowest BCUT2D eigenvalue weighted by atomic mass is 9.87. The first-order valence-corrected chi connectivity index (χ1v) is 4.65. The normalized spacial score (nSPS) is 36.3. The van der Waals surface area contributed by atoms with Crippen molar-refractivity contribution in [2.75, 3.05) is 5.88 Å². The third-order valence-corrected chi connectivity index (χ3v) is 3.03. The molecule has 1 unspecified atom stereocenters. The van der Waals surface area contributed by atoms with E-state index in [0.717, 1.165) is 0 Å². The van der Waals surface area contributed by atoms with Crippen LogP contribution < -0.4 is 0 Å². The van der Waals surface area contributed by atoms with Crippen molar-refractivity contribution in [3.63, 3.8) is 0 Å². The highest BCUT2D eigenvalue weighted by Gasteiger charge is 2.55. The Bertz CT molecular complexity index is 129. The van der Waals surface area contributed by atoms with Gasteiger partial charge in [-0.2, -0.15) is 0 Å². The van der Waals surface area contributed by atoms with Gasteiger partial charge in [-0.05, 0) is 12.8 Å². The van der Waals surface area contributed by atoms with Crippen molar-refractivity contribution >= 4 is 11.6 Å². The Morgan fingerprint density at radius 3 is 2.50 bits per heavy atom. The van der Waals surface area contributed by atoms with E-state index in [1.165, 1.54) is 32.1 Å². The molecule has 1 atom stereocenters. The summed E-state index contributed by atoms with van der Waals surface area (Å²) in [5.41, 5.74) is 0.264. The topological polar surface area (TPSA) is 12.5 Å². The fraction of sp³-hybridized carbons (Fsp3) is 1.00. The Morgan fingerprint density at radius 1 is 1.30 bits per heavy atom. The summed E-state index contributed by atoms with van der Waals surface area (Å²) in [7, 11) is 0. The molecular weight excluding hydrogens is 148 g/mol. The summed E-state index contributed by atoms with van der Waals surface area (Å²) in [4.78, 5) is 0. The lowest BCUT2D eigenvalue weighted by Gasteiger charge is -2.17. The molecule has 2 heteroatoms. The minimum atomic E-state index is 0.264. The average Bonchev–Trinajstić information content (AvgIpc) is 2.65. The Morgan fingerprint density at radius 2 is 2.00 bits per heavy atom. The lowest BCUT2D eigenvalue weighted by molar-refractivity contribution is 0.234. The summed E-state index contributed by atoms with van der Waals surface area (Å²) in [6, 6.07) is 0. The van der Waals surface area contributed by atoms with Crippen LogP contribution >= 0.6 is 11.6 Å². The molecule has 1 spiro atoms. The molecule has 0 amide bonds. The van der Waals surface area contributed by atoms with Gasteiger partial charge in [0.25, 0.3) is 0 Å². The van der Waals surface area contributed by atoms with Crippen LogP contribution in [0.25, 0.3) is 0 Å². The predicted molar refractivity (Wildman–Crippen MR) is 41.4 cm³/mol. The number of hydrogen-bond donors (Lipinski definition) is 0. The van der Waals surface area contributed by atoms with E-state index in [-0.39, 0.29) is 5.60 Å². The molecule has 1 nitrogen and oxygen atoms in total. The highest BCUT2D eigenvalue weighted by molar-refractivity contribution is 6.18. The van der Waals surface area contributed by atoms with E-state index in [0.29, 0.717) is 12.0 Å². The lowest BCUT2D eigenvalue weighted by Crippen LogP contribution is -2.19. The molecule has 0 bridgehead atoms. The molecule has 1 saturated carbocycles. The summed E-state index contributed by atoms with van der Waals surface area (Å²) in [5, 5.41) is 0. The van der Waals surface area contributed by atoms with E-state index in [9.17, 15) is 0 Å². The summed E-state index contributed by atoms with van der Waals surface area (Å²) >= 11 is 5.70. The quantitative estimate of drug-likeness (QED) is 0.424. The van der Waals surface area contributed by atoms with Gasteiger partial charge in [-0.25, -0.2) is 0 Å². The molecule has 0 aromatic heterocycles. The summed E-state index contributed by atoms with van der Waals surface area (Å²) < 4.78 is 5.56. The van der Waals surface area contributed by atoms with Gasteiger partial charge in [0.05, 0.1) is 11.5 Å². The van der Waals surface area contributed by atoms with Crippen molar-refractivity contribution < 1.29 is 4.74 Å². The van der Waals surface area contributed by atoms with Crippen LogP contribution in [0.2, 0.25) is 0 Å². The Kier molecular flexibility index (Phi) is 1.65. The van der Waals surface area contributed by atoms with Gasteiger partial charge in [-0.3, -0.25) is 0 Å². The standard InChI is InChI=1S/C8H13ClO/c9-6-7-8(10-7)4-2-1-3-5-8/h7H,1-6H2. The number of alkyl halides is 1. The molecule has 0 radical (unpaired) electrons. The van der Waals surface area contributed by atoms with E-state index in [1.54, 1.807) is 0 Å².